The highest BCUT2D eigenvalue weighted by Gasteiger charge is 2.39. The highest BCUT2D eigenvalue weighted by molar-refractivity contribution is 7.90. The highest BCUT2D eigenvalue weighted by atomic mass is 32.2. The van der Waals surface area contributed by atoms with E-state index < -0.39 is 22.5 Å². The van der Waals surface area contributed by atoms with Crippen LogP contribution < -0.4 is 4.31 Å². The lowest BCUT2D eigenvalue weighted by Crippen LogP contribution is -2.62. The van der Waals surface area contributed by atoms with Gasteiger partial charge in [0.25, 0.3) is 5.89 Å². The van der Waals surface area contributed by atoms with Gasteiger partial charge in [0, 0.05) is 31.9 Å². The van der Waals surface area contributed by atoms with E-state index in [9.17, 15) is 17.2 Å². The molecule has 1 unspecified atom stereocenters. The summed E-state index contributed by atoms with van der Waals surface area (Å²) in [5, 5.41) is 6.96. The summed E-state index contributed by atoms with van der Waals surface area (Å²) in [6.07, 6.45) is -1.46. The van der Waals surface area contributed by atoms with Crippen LogP contribution in [0.2, 0.25) is 0 Å². The molecule has 13 heteroatoms. The van der Waals surface area contributed by atoms with Gasteiger partial charge in [0.05, 0.1) is 42.7 Å². The number of benzene rings is 1. The highest BCUT2D eigenvalue weighted by Crippen LogP contribution is 2.28. The molecule has 0 aliphatic carbocycles. The van der Waals surface area contributed by atoms with Gasteiger partial charge in [0.2, 0.25) is 5.89 Å². The number of halogens is 2. The Balaban J connectivity index is 1.39. The molecule has 0 amide bonds. The number of piperazine rings is 1. The van der Waals surface area contributed by atoms with Gasteiger partial charge in [-0.1, -0.05) is 12.1 Å². The number of hydrogen-bond donors (Lipinski definition) is 0. The molecule has 0 radical (unpaired) electrons. The maximum atomic E-state index is 13.9. The number of aromatic nitrogens is 3. The summed E-state index contributed by atoms with van der Waals surface area (Å²) in [5.74, 6) is -0.851. The van der Waals surface area contributed by atoms with Crippen molar-refractivity contribution in [3.8, 4) is 11.5 Å². The number of anilines is 1. The summed E-state index contributed by atoms with van der Waals surface area (Å²) in [5.41, 5.74) is 2.29. The van der Waals surface area contributed by atoms with E-state index in [2.05, 4.69) is 20.1 Å². The molecule has 0 bridgehead atoms. The molecule has 2 saturated heterocycles. The minimum Gasteiger partial charge on any atom is -0.415 e. The first-order valence-electron chi connectivity index (χ1n) is 12.0. The topological polar surface area (TPSA) is 105 Å². The Bertz CT molecular complexity index is 1330. The second kappa shape index (κ2) is 10.4. The Morgan fingerprint density at radius 2 is 1.97 bits per heavy atom. The second-order valence-electron chi connectivity index (χ2n) is 9.27. The van der Waals surface area contributed by atoms with Crippen LogP contribution in [0.25, 0.3) is 11.5 Å². The van der Waals surface area contributed by atoms with E-state index in [0.29, 0.717) is 55.8 Å². The summed E-state index contributed by atoms with van der Waals surface area (Å²) in [4.78, 5) is 6.67. The van der Waals surface area contributed by atoms with E-state index in [1.807, 2.05) is 32.0 Å². The predicted molar refractivity (Wildman–Crippen MR) is 131 cm³/mol. The molecule has 0 saturated carbocycles. The average Bonchev–Trinajstić information content (AvgIpc) is 3.34. The van der Waals surface area contributed by atoms with Gasteiger partial charge in [0.15, 0.2) is 0 Å². The number of nitrogens with zero attached hydrogens (tertiary/aromatic N) is 6. The normalized spacial score (nSPS) is 19.8. The summed E-state index contributed by atoms with van der Waals surface area (Å²) < 4.78 is 66.6. The van der Waals surface area contributed by atoms with Gasteiger partial charge in [-0.2, -0.15) is 21.5 Å². The number of alkyl halides is 2. The van der Waals surface area contributed by atoms with Crippen molar-refractivity contribution in [2.45, 2.75) is 38.9 Å². The van der Waals surface area contributed by atoms with Crippen molar-refractivity contribution in [2.24, 2.45) is 0 Å². The molecular weight excluding hydrogens is 506 g/mol. The minimum atomic E-state index is -3.89. The maximum Gasteiger partial charge on any atom is 0.314 e. The minimum absolute atomic E-state index is 0.0107. The predicted octanol–water partition coefficient (Wildman–Crippen LogP) is 3.03. The molecular formula is C24H28F2N6O4S. The van der Waals surface area contributed by atoms with Crippen molar-refractivity contribution in [3.63, 3.8) is 0 Å². The molecule has 1 aromatic carbocycles. The molecule has 4 heterocycles. The monoisotopic (exact) mass is 534 g/mol. The van der Waals surface area contributed by atoms with Crippen LogP contribution in [0.3, 0.4) is 0 Å². The lowest BCUT2D eigenvalue weighted by molar-refractivity contribution is -0.0873. The Labute approximate surface area is 214 Å². The van der Waals surface area contributed by atoms with E-state index in [1.165, 1.54) is 14.8 Å². The Morgan fingerprint density at radius 3 is 2.57 bits per heavy atom. The fourth-order valence-corrected chi connectivity index (χ4v) is 6.24. The molecule has 37 heavy (non-hydrogen) atoms. The quantitative estimate of drug-likeness (QED) is 0.434. The number of pyridine rings is 1. The molecule has 2 fully saturated rings. The van der Waals surface area contributed by atoms with Crippen LogP contribution >= 0.6 is 0 Å². The van der Waals surface area contributed by atoms with Gasteiger partial charge >= 0.3 is 16.6 Å². The van der Waals surface area contributed by atoms with Crippen LogP contribution in [-0.2, 0) is 21.5 Å². The summed E-state index contributed by atoms with van der Waals surface area (Å²) in [6, 6.07) is 10.9. The molecule has 1 atom stereocenters. The fourth-order valence-electron chi connectivity index (χ4n) is 4.56. The zero-order chi connectivity index (χ0) is 26.2. The van der Waals surface area contributed by atoms with E-state index in [4.69, 9.17) is 9.15 Å². The van der Waals surface area contributed by atoms with Crippen LogP contribution in [0.1, 0.15) is 30.5 Å². The third-order valence-corrected chi connectivity index (χ3v) is 8.51. The van der Waals surface area contributed by atoms with Crippen molar-refractivity contribution in [3.05, 3.63) is 59.7 Å². The smallest absolute Gasteiger partial charge is 0.314 e. The third kappa shape index (κ3) is 5.35. The first kappa shape index (κ1) is 25.6. The van der Waals surface area contributed by atoms with Crippen molar-refractivity contribution in [2.75, 3.05) is 37.2 Å². The zero-order valence-corrected chi connectivity index (χ0v) is 21.3. The molecule has 2 aliphatic rings. The van der Waals surface area contributed by atoms with Gasteiger partial charge in [0.1, 0.15) is 0 Å². The SMILES string of the molecule is Cc1cccc(N(Cc2ccc(-c3nnc(C(F)F)o3)cn2)S(=O)(=O)N2CCN(C3COC3)C(C)C2)c1. The third-order valence-electron chi connectivity index (χ3n) is 6.63. The maximum absolute atomic E-state index is 13.9. The van der Waals surface area contributed by atoms with Gasteiger partial charge in [-0.15, -0.1) is 10.2 Å². The standard InChI is InChI=1S/C24H28F2N6O4S/c1-16-4-3-5-20(10-16)32(37(33,34)30-8-9-31(17(2)12-30)21-14-35-15-21)13-19-7-6-18(11-27-19)23-28-29-24(36-23)22(25)26/h3-7,10-11,17,21-22H,8-9,12-15H2,1-2H3. The number of aryl methyl sites for hydroxylation is 1. The molecule has 0 N–H and O–H groups in total. The molecule has 2 aliphatic heterocycles. The van der Waals surface area contributed by atoms with Crippen LogP contribution in [0.4, 0.5) is 14.5 Å². The van der Waals surface area contributed by atoms with Gasteiger partial charge in [-0.25, -0.2) is 0 Å². The lowest BCUT2D eigenvalue weighted by atomic mass is 10.1. The largest absolute Gasteiger partial charge is 0.415 e. The fraction of sp³-hybridized carbons (Fsp3) is 0.458. The number of hydrogen-bond acceptors (Lipinski definition) is 8. The van der Waals surface area contributed by atoms with Crippen LogP contribution in [0.5, 0.6) is 0 Å². The molecule has 0 spiro atoms. The van der Waals surface area contributed by atoms with Gasteiger partial charge < -0.3 is 9.15 Å². The van der Waals surface area contributed by atoms with E-state index >= 15 is 0 Å². The summed E-state index contributed by atoms with van der Waals surface area (Å²) in [7, 11) is -3.89. The first-order valence-corrected chi connectivity index (χ1v) is 13.4. The number of ether oxygens (including phenoxy) is 1. The van der Waals surface area contributed by atoms with Crippen molar-refractivity contribution < 1.29 is 26.4 Å². The molecule has 3 aromatic rings. The molecule has 10 nitrogen and oxygen atoms in total. The lowest BCUT2D eigenvalue weighted by Gasteiger charge is -2.46. The average molecular weight is 535 g/mol. The van der Waals surface area contributed by atoms with Crippen LogP contribution in [0, 0.1) is 6.92 Å². The number of rotatable bonds is 8. The summed E-state index contributed by atoms with van der Waals surface area (Å²) in [6.45, 7) is 6.67. The van der Waals surface area contributed by atoms with Gasteiger partial charge in [-0.05, 0) is 43.7 Å². The van der Waals surface area contributed by atoms with E-state index in [-0.39, 0.29) is 18.5 Å². The summed E-state index contributed by atoms with van der Waals surface area (Å²) >= 11 is 0. The Morgan fingerprint density at radius 1 is 1.16 bits per heavy atom. The molecule has 5 rings (SSSR count). The van der Waals surface area contributed by atoms with Crippen molar-refractivity contribution in [1.29, 1.82) is 0 Å². The van der Waals surface area contributed by atoms with Crippen LogP contribution in [0.15, 0.2) is 47.0 Å². The molecule has 198 valence electrons. The van der Waals surface area contributed by atoms with Crippen molar-refractivity contribution in [1.82, 2.24) is 24.4 Å². The van der Waals surface area contributed by atoms with Crippen molar-refractivity contribution >= 4 is 15.9 Å². The molecule has 2 aromatic heterocycles. The van der Waals surface area contributed by atoms with E-state index in [0.717, 1.165) is 5.56 Å². The van der Waals surface area contributed by atoms with Gasteiger partial charge in [-0.3, -0.25) is 14.2 Å². The zero-order valence-electron chi connectivity index (χ0n) is 20.5. The Kier molecular flexibility index (Phi) is 7.21. The first-order chi connectivity index (χ1) is 17.7. The van der Waals surface area contributed by atoms with Crippen LogP contribution in [-0.4, -0.2) is 77.7 Å². The second-order valence-corrected chi connectivity index (χ2v) is 11.1. The van der Waals surface area contributed by atoms with E-state index in [1.54, 1.807) is 18.2 Å². The Hall–Kier alpha value is -3.00.